The molecule has 0 saturated heterocycles. The zero-order valence-corrected chi connectivity index (χ0v) is 11.3. The Kier molecular flexibility index (Phi) is 4.28. The molecule has 0 amide bonds. The van der Waals surface area contributed by atoms with Crippen molar-refractivity contribution in [3.05, 3.63) is 60.2 Å². The van der Waals surface area contributed by atoms with E-state index in [0.29, 0.717) is 6.04 Å². The van der Waals surface area contributed by atoms with Gasteiger partial charge in [0.2, 0.25) is 0 Å². The largest absolute Gasteiger partial charge is 0.355 e. The van der Waals surface area contributed by atoms with Crippen LogP contribution in [0.5, 0.6) is 0 Å². The van der Waals surface area contributed by atoms with E-state index in [9.17, 15) is 4.21 Å². The third-order valence-corrected chi connectivity index (χ3v) is 4.20. The van der Waals surface area contributed by atoms with E-state index in [-0.39, 0.29) is 0 Å². The average molecular weight is 260 g/mol. The Hall–Kier alpha value is -1.45. The monoisotopic (exact) mass is 260 g/mol. The van der Waals surface area contributed by atoms with Gasteiger partial charge in [-0.15, -0.1) is 0 Å². The summed E-state index contributed by atoms with van der Waals surface area (Å²) in [4.78, 5) is 1.75. The normalized spacial score (nSPS) is 14.1. The van der Waals surface area contributed by atoms with Crippen molar-refractivity contribution in [3.8, 4) is 0 Å². The maximum atomic E-state index is 12.5. The van der Waals surface area contributed by atoms with Crippen LogP contribution in [0.4, 0.5) is 0 Å². The minimum absolute atomic E-state index is 0.318. The summed E-state index contributed by atoms with van der Waals surface area (Å²) in [7, 11) is -1.10. The van der Waals surface area contributed by atoms with E-state index < -0.39 is 10.8 Å². The Labute approximate surface area is 110 Å². The summed E-state index contributed by atoms with van der Waals surface area (Å²) < 4.78 is 12.5. The Morgan fingerprint density at radius 1 is 1.06 bits per heavy atom. The fourth-order valence-electron chi connectivity index (χ4n) is 1.90. The highest BCUT2D eigenvalue weighted by molar-refractivity contribution is 7.85. The van der Waals surface area contributed by atoms with Crippen LogP contribution in [-0.4, -0.2) is 10.3 Å². The predicted octanol–water partition coefficient (Wildman–Crippen LogP) is 2.03. The summed E-state index contributed by atoms with van der Waals surface area (Å²) in [6.07, 6.45) is 0.856. The number of benzene rings is 2. The highest BCUT2D eigenvalue weighted by Gasteiger charge is 2.13. The molecule has 0 radical (unpaired) electrons. The fraction of sp³-hybridized carbons (Fsp3) is 0.200. The van der Waals surface area contributed by atoms with Crippen molar-refractivity contribution in [2.24, 2.45) is 0 Å². The summed E-state index contributed by atoms with van der Waals surface area (Å²) >= 11 is 0. The van der Waals surface area contributed by atoms with Gasteiger partial charge in [0.15, 0.2) is 0 Å². The van der Waals surface area contributed by atoms with Gasteiger partial charge in [-0.3, -0.25) is 0 Å². The Balaban J connectivity index is 2.36. The summed E-state index contributed by atoms with van der Waals surface area (Å²) in [5.74, 6) is 0. The van der Waals surface area contributed by atoms with Gasteiger partial charge in [0, 0.05) is 16.2 Å². The second-order valence-corrected chi connectivity index (χ2v) is 5.95. The van der Waals surface area contributed by atoms with Crippen molar-refractivity contribution < 1.29 is 9.94 Å². The standard InChI is InChI=1S/C15H17NOS/c1-12(16)11-13-7-5-6-10-15(13)18(17)14-8-3-2-4-9-14/h2-10,12H,11,16H2,1H3/p+1/t12-,18+/m0/s1. The molecular weight excluding hydrogens is 242 g/mol. The summed E-state index contributed by atoms with van der Waals surface area (Å²) in [6.45, 7) is 2.07. The summed E-state index contributed by atoms with van der Waals surface area (Å²) in [5.41, 5.74) is 5.14. The molecule has 94 valence electrons. The van der Waals surface area contributed by atoms with Crippen LogP contribution in [0.2, 0.25) is 0 Å². The molecule has 0 aromatic heterocycles. The van der Waals surface area contributed by atoms with E-state index in [4.69, 9.17) is 0 Å². The van der Waals surface area contributed by atoms with Crippen molar-refractivity contribution in [1.82, 2.24) is 0 Å². The van der Waals surface area contributed by atoms with E-state index in [0.717, 1.165) is 21.8 Å². The molecule has 2 atom stereocenters. The molecule has 0 aliphatic rings. The summed E-state index contributed by atoms with van der Waals surface area (Å²) in [6, 6.07) is 17.8. The molecule has 18 heavy (non-hydrogen) atoms. The Bertz CT molecular complexity index is 537. The van der Waals surface area contributed by atoms with Crippen molar-refractivity contribution in [3.63, 3.8) is 0 Å². The lowest BCUT2D eigenvalue weighted by Crippen LogP contribution is -2.60. The third kappa shape index (κ3) is 3.06. The number of quaternary nitrogens is 1. The van der Waals surface area contributed by atoms with E-state index in [1.165, 1.54) is 0 Å². The molecule has 3 N–H and O–H groups in total. The van der Waals surface area contributed by atoms with Crippen LogP contribution < -0.4 is 5.73 Å². The SMILES string of the molecule is C[C@H]([NH3+])Cc1ccccc1[S@](=O)c1ccccc1. The molecule has 0 fully saturated rings. The van der Waals surface area contributed by atoms with E-state index in [1.807, 2.05) is 54.6 Å². The van der Waals surface area contributed by atoms with Crippen LogP contribution in [0, 0.1) is 0 Å². The minimum atomic E-state index is -1.10. The molecule has 0 aliphatic heterocycles. The fourth-order valence-corrected chi connectivity index (χ4v) is 3.15. The van der Waals surface area contributed by atoms with E-state index in [1.54, 1.807) is 0 Å². The first-order valence-electron chi connectivity index (χ1n) is 6.06. The first-order valence-corrected chi connectivity index (χ1v) is 7.21. The first kappa shape index (κ1) is 13.0. The first-order chi connectivity index (χ1) is 8.68. The van der Waals surface area contributed by atoms with Crippen LogP contribution in [0.25, 0.3) is 0 Å². The lowest BCUT2D eigenvalue weighted by Gasteiger charge is -2.09. The van der Waals surface area contributed by atoms with Crippen molar-refractivity contribution in [2.75, 3.05) is 0 Å². The van der Waals surface area contributed by atoms with Gasteiger partial charge >= 0.3 is 0 Å². The molecule has 2 rings (SSSR count). The van der Waals surface area contributed by atoms with Gasteiger partial charge in [0.05, 0.1) is 16.8 Å². The molecule has 0 saturated carbocycles. The molecule has 0 spiro atoms. The molecular formula is C15H18NOS+. The molecule has 0 unspecified atom stereocenters. The number of rotatable bonds is 4. The zero-order chi connectivity index (χ0) is 13.0. The zero-order valence-electron chi connectivity index (χ0n) is 10.5. The van der Waals surface area contributed by atoms with Crippen LogP contribution in [0.15, 0.2) is 64.4 Å². The van der Waals surface area contributed by atoms with E-state index in [2.05, 4.69) is 12.7 Å². The molecule has 0 heterocycles. The second-order valence-electron chi connectivity index (χ2n) is 4.50. The highest BCUT2D eigenvalue weighted by atomic mass is 32.2. The van der Waals surface area contributed by atoms with Crippen LogP contribution in [0.3, 0.4) is 0 Å². The molecule has 2 aromatic carbocycles. The number of hydrogen-bond donors (Lipinski definition) is 1. The van der Waals surface area contributed by atoms with Crippen LogP contribution >= 0.6 is 0 Å². The number of hydrogen-bond acceptors (Lipinski definition) is 1. The molecule has 0 aliphatic carbocycles. The lowest BCUT2D eigenvalue weighted by molar-refractivity contribution is -0.413. The van der Waals surface area contributed by atoms with Gasteiger partial charge in [0.1, 0.15) is 0 Å². The maximum Gasteiger partial charge on any atom is 0.0856 e. The highest BCUT2D eigenvalue weighted by Crippen LogP contribution is 2.20. The topological polar surface area (TPSA) is 44.7 Å². The molecule has 0 bridgehead atoms. The maximum absolute atomic E-state index is 12.5. The molecule has 3 heteroatoms. The Morgan fingerprint density at radius 2 is 1.67 bits per heavy atom. The smallest absolute Gasteiger partial charge is 0.0856 e. The van der Waals surface area contributed by atoms with Crippen LogP contribution in [-0.2, 0) is 17.2 Å². The second kappa shape index (κ2) is 5.94. The molecule has 2 aromatic rings. The van der Waals surface area contributed by atoms with E-state index >= 15 is 0 Å². The van der Waals surface area contributed by atoms with Gasteiger partial charge in [-0.05, 0) is 30.7 Å². The molecule has 2 nitrogen and oxygen atoms in total. The van der Waals surface area contributed by atoms with Crippen LogP contribution in [0.1, 0.15) is 12.5 Å². The summed E-state index contributed by atoms with van der Waals surface area (Å²) in [5, 5.41) is 0. The van der Waals surface area contributed by atoms with Gasteiger partial charge in [-0.1, -0.05) is 36.4 Å². The quantitative estimate of drug-likeness (QED) is 0.898. The van der Waals surface area contributed by atoms with Crippen molar-refractivity contribution >= 4 is 10.8 Å². The van der Waals surface area contributed by atoms with Gasteiger partial charge in [-0.25, -0.2) is 4.21 Å². The van der Waals surface area contributed by atoms with Crippen molar-refractivity contribution in [1.29, 1.82) is 0 Å². The predicted molar refractivity (Wildman–Crippen MR) is 73.6 cm³/mol. The Morgan fingerprint density at radius 3 is 2.33 bits per heavy atom. The average Bonchev–Trinajstić information content (AvgIpc) is 2.39. The minimum Gasteiger partial charge on any atom is -0.355 e. The van der Waals surface area contributed by atoms with Gasteiger partial charge in [-0.2, -0.15) is 0 Å². The van der Waals surface area contributed by atoms with Crippen molar-refractivity contribution in [2.45, 2.75) is 29.2 Å². The van der Waals surface area contributed by atoms with Gasteiger partial charge in [0.25, 0.3) is 0 Å². The lowest BCUT2D eigenvalue weighted by atomic mass is 10.1. The van der Waals surface area contributed by atoms with Gasteiger partial charge < -0.3 is 5.73 Å². The third-order valence-electron chi connectivity index (χ3n) is 2.70.